The zero-order valence-corrected chi connectivity index (χ0v) is 40.0. The molecule has 6 nitrogen and oxygen atoms in total. The molecule has 0 aromatic carbocycles. The summed E-state index contributed by atoms with van der Waals surface area (Å²) in [7, 11) is 0. The Hall–Kier alpha value is -3.41. The molecule has 0 atom stereocenters. The predicted octanol–water partition coefficient (Wildman–Crippen LogP) is 13.0. The molecule has 0 saturated carbocycles. The van der Waals surface area contributed by atoms with E-state index < -0.39 is 17.9 Å². The quantitative estimate of drug-likeness (QED) is 0.0344. The Labute approximate surface area is 385 Å². The molecular formula is C54H87FeO6. The van der Waals surface area contributed by atoms with E-state index in [1.807, 2.05) is 0 Å². The molecule has 347 valence electrons. The number of carbonyl (C=O) groups excluding carboxylic acids is 3. The molecule has 7 heteroatoms. The molecule has 0 N–H and O–H groups in total. The molecule has 61 heavy (non-hydrogen) atoms. The van der Waals surface area contributed by atoms with Crippen LogP contribution in [0.25, 0.3) is 0 Å². The third-order valence-electron chi connectivity index (χ3n) is 9.10. The number of aliphatic carboxylic acids is 3. The molecule has 0 aromatic heterocycles. The Kier molecular flexibility index (Phi) is 64.1. The normalized spacial score (nSPS) is 11.9. The number of unbranched alkanes of at least 4 members (excludes halogenated alkanes) is 15. The van der Waals surface area contributed by atoms with Crippen LogP contribution in [0.3, 0.4) is 0 Å². The van der Waals surface area contributed by atoms with Gasteiger partial charge in [0.15, 0.2) is 0 Å². The van der Waals surface area contributed by atoms with E-state index >= 15 is 0 Å². The molecule has 0 rings (SSSR count). The van der Waals surface area contributed by atoms with Crippen molar-refractivity contribution in [3.8, 4) is 0 Å². The van der Waals surface area contributed by atoms with Crippen LogP contribution >= 0.6 is 0 Å². The Bertz CT molecular complexity index is 1060. The Balaban J connectivity index is -0.000000396. The fourth-order valence-electron chi connectivity index (χ4n) is 5.67. The number of rotatable bonds is 39. The largest absolute Gasteiger partial charge is 3.00 e. The number of allylic oxidation sites excluding steroid dienone is 18. The van der Waals surface area contributed by atoms with Crippen LogP contribution in [0.15, 0.2) is 109 Å². The minimum absolute atomic E-state index is 0. The number of carboxylic acids is 3. The molecule has 0 bridgehead atoms. The zero-order chi connectivity index (χ0) is 44.7. The fourth-order valence-corrected chi connectivity index (χ4v) is 5.67. The summed E-state index contributed by atoms with van der Waals surface area (Å²) in [4.78, 5) is 30.6. The first kappa shape index (κ1) is 64.2. The van der Waals surface area contributed by atoms with Gasteiger partial charge in [-0.3, -0.25) is 0 Å². The molecule has 0 spiro atoms. The van der Waals surface area contributed by atoms with E-state index in [-0.39, 0.29) is 36.3 Å². The van der Waals surface area contributed by atoms with Crippen molar-refractivity contribution in [3.63, 3.8) is 0 Å². The summed E-state index contributed by atoms with van der Waals surface area (Å²) in [6.45, 7) is 6.44. The molecule has 1 radical (unpaired) electrons. The summed E-state index contributed by atoms with van der Waals surface area (Å²) in [5.74, 6) is -2.77. The minimum atomic E-state index is -0.925. The topological polar surface area (TPSA) is 120 Å². The number of hydrogen-bond acceptors (Lipinski definition) is 6. The van der Waals surface area contributed by atoms with Gasteiger partial charge in [-0.25, -0.2) is 0 Å². The van der Waals surface area contributed by atoms with Crippen molar-refractivity contribution in [2.24, 2.45) is 0 Å². The number of hydrogen-bond donors (Lipinski definition) is 0. The predicted molar refractivity (Wildman–Crippen MR) is 253 cm³/mol. The molecular weight excluding hydrogens is 800 g/mol. The van der Waals surface area contributed by atoms with E-state index in [0.29, 0.717) is 0 Å². The van der Waals surface area contributed by atoms with E-state index in [4.69, 9.17) is 0 Å². The van der Waals surface area contributed by atoms with Crippen LogP contribution in [0.1, 0.15) is 213 Å². The molecule has 0 aromatic rings. The monoisotopic (exact) mass is 888 g/mol. The van der Waals surface area contributed by atoms with Gasteiger partial charge in [0.2, 0.25) is 0 Å². The second kappa shape index (κ2) is 60.9. The van der Waals surface area contributed by atoms with Crippen molar-refractivity contribution in [2.45, 2.75) is 213 Å². The van der Waals surface area contributed by atoms with E-state index in [0.717, 1.165) is 135 Å². The van der Waals surface area contributed by atoms with Crippen LogP contribution in [0.2, 0.25) is 0 Å². The first-order valence-corrected chi connectivity index (χ1v) is 23.8. The maximum absolute atomic E-state index is 10.2. The fraction of sp³-hybridized carbons (Fsp3) is 0.611. The maximum Gasteiger partial charge on any atom is 3.00 e. The molecule has 0 aliphatic heterocycles. The second-order valence-corrected chi connectivity index (χ2v) is 14.9. The zero-order valence-electron chi connectivity index (χ0n) is 38.9. The van der Waals surface area contributed by atoms with Crippen molar-refractivity contribution in [1.82, 2.24) is 0 Å². The van der Waals surface area contributed by atoms with Crippen LogP contribution in [0, 0.1) is 0 Å². The van der Waals surface area contributed by atoms with Gasteiger partial charge in [0.05, 0.1) is 0 Å². The Morgan fingerprint density at radius 1 is 0.279 bits per heavy atom. The smallest absolute Gasteiger partial charge is 0.550 e. The molecule has 0 aliphatic rings. The van der Waals surface area contributed by atoms with Crippen molar-refractivity contribution in [3.05, 3.63) is 109 Å². The van der Waals surface area contributed by atoms with Gasteiger partial charge in [-0.1, -0.05) is 188 Å². The molecule has 0 heterocycles. The van der Waals surface area contributed by atoms with Crippen molar-refractivity contribution in [1.29, 1.82) is 0 Å². The Morgan fingerprint density at radius 3 is 0.672 bits per heavy atom. The van der Waals surface area contributed by atoms with Crippen LogP contribution in [0.4, 0.5) is 0 Å². The third-order valence-corrected chi connectivity index (χ3v) is 9.10. The summed E-state index contributed by atoms with van der Waals surface area (Å²) >= 11 is 0. The summed E-state index contributed by atoms with van der Waals surface area (Å²) in [5, 5.41) is 30.6. The summed E-state index contributed by atoms with van der Waals surface area (Å²) in [5.41, 5.74) is 0. The van der Waals surface area contributed by atoms with E-state index in [1.54, 1.807) is 0 Å². The molecule has 0 saturated heterocycles. The summed E-state index contributed by atoms with van der Waals surface area (Å²) in [6, 6.07) is 0. The van der Waals surface area contributed by atoms with Gasteiger partial charge in [-0.05, 0) is 135 Å². The standard InChI is InChI=1S/3C18H30O2.Fe/c3*1-2-3-4-5-6-7-8-9-10-11-12-13-14-15-16-17-18(19)20;/h3*3-4,6-7,9-10H,2,5,8,11-17H2,1H3,(H,19,20);/q;;;+3/p-3/b3*4-3-,7-6-,10-9-;. The first-order chi connectivity index (χ1) is 29.3. The maximum atomic E-state index is 10.2. The number of carbonyl (C=O) groups is 3. The van der Waals surface area contributed by atoms with E-state index in [1.165, 1.54) is 38.5 Å². The van der Waals surface area contributed by atoms with E-state index in [2.05, 4.69) is 130 Å². The molecule has 0 aliphatic carbocycles. The second-order valence-electron chi connectivity index (χ2n) is 14.9. The van der Waals surface area contributed by atoms with E-state index in [9.17, 15) is 29.7 Å². The van der Waals surface area contributed by atoms with Gasteiger partial charge in [0.1, 0.15) is 0 Å². The van der Waals surface area contributed by atoms with Crippen LogP contribution in [-0.2, 0) is 31.5 Å². The van der Waals surface area contributed by atoms with Gasteiger partial charge >= 0.3 is 17.1 Å². The number of carboxylic acid groups (broad SMARTS) is 3. The van der Waals surface area contributed by atoms with Gasteiger partial charge in [0, 0.05) is 17.9 Å². The van der Waals surface area contributed by atoms with Gasteiger partial charge < -0.3 is 29.7 Å². The van der Waals surface area contributed by atoms with Crippen molar-refractivity contribution < 1.29 is 46.8 Å². The first-order valence-electron chi connectivity index (χ1n) is 23.8. The average Bonchev–Trinajstić information content (AvgIpc) is 3.22. The van der Waals surface area contributed by atoms with Gasteiger partial charge in [-0.2, -0.15) is 0 Å². The Morgan fingerprint density at radius 2 is 0.459 bits per heavy atom. The van der Waals surface area contributed by atoms with Crippen LogP contribution in [-0.4, -0.2) is 17.9 Å². The molecule has 0 unspecified atom stereocenters. The van der Waals surface area contributed by atoms with Crippen LogP contribution < -0.4 is 15.3 Å². The van der Waals surface area contributed by atoms with Gasteiger partial charge in [0.25, 0.3) is 0 Å². The average molecular weight is 888 g/mol. The summed E-state index contributed by atoms with van der Waals surface area (Å²) in [6.07, 6.45) is 69.1. The van der Waals surface area contributed by atoms with Gasteiger partial charge in [-0.15, -0.1) is 0 Å². The SMILES string of the molecule is CC/C=C\C/C=C\C/C=C\CCCCCCCC(=O)[O-].CC/C=C\C/C=C\C/C=C\CCCCCCCC(=O)[O-].CC/C=C\C/C=C\C/C=C\CCCCCCCC(=O)[O-].[Fe+3]. The molecule has 0 amide bonds. The molecule has 0 fully saturated rings. The van der Waals surface area contributed by atoms with Crippen LogP contribution in [0.5, 0.6) is 0 Å². The minimum Gasteiger partial charge on any atom is -0.550 e. The summed E-state index contributed by atoms with van der Waals surface area (Å²) < 4.78 is 0. The third kappa shape index (κ3) is 74.5. The van der Waals surface area contributed by atoms with Crippen molar-refractivity contribution >= 4 is 17.9 Å². The van der Waals surface area contributed by atoms with Crippen molar-refractivity contribution in [2.75, 3.05) is 0 Å².